The standard InChI is InChI=1S/C18H28N4O.HI/c1-3-4-11-20-18(19-2)21-13-15-8-5-6-9-16(15)14-22-12-7-10-17(22)23;/h5-6,8-9H,3-4,7,10-14H2,1-2H3,(H2,19,20,21);1H. The number of carbonyl (C=O) groups is 1. The summed E-state index contributed by atoms with van der Waals surface area (Å²) >= 11 is 0. The highest BCUT2D eigenvalue weighted by molar-refractivity contribution is 14.0. The van der Waals surface area contributed by atoms with E-state index in [9.17, 15) is 4.79 Å². The zero-order valence-corrected chi connectivity index (χ0v) is 17.0. The molecule has 2 N–H and O–H groups in total. The van der Waals surface area contributed by atoms with E-state index in [1.165, 1.54) is 11.1 Å². The highest BCUT2D eigenvalue weighted by Gasteiger charge is 2.20. The van der Waals surface area contributed by atoms with Crippen molar-refractivity contribution >= 4 is 35.8 Å². The summed E-state index contributed by atoms with van der Waals surface area (Å²) in [6.45, 7) is 5.40. The molecule has 2 rings (SSSR count). The summed E-state index contributed by atoms with van der Waals surface area (Å²) < 4.78 is 0. The summed E-state index contributed by atoms with van der Waals surface area (Å²) in [5.74, 6) is 1.09. The normalized spacial score (nSPS) is 14.5. The molecule has 1 aliphatic rings. The first-order chi connectivity index (χ1) is 11.2. The number of nitrogens with one attached hydrogen (secondary N) is 2. The Labute approximate surface area is 162 Å². The molecule has 0 aliphatic carbocycles. The van der Waals surface area contributed by atoms with Gasteiger partial charge in [0.05, 0.1) is 0 Å². The van der Waals surface area contributed by atoms with Crippen LogP contribution in [-0.4, -0.2) is 36.9 Å². The number of nitrogens with zero attached hydrogens (tertiary/aromatic N) is 2. The van der Waals surface area contributed by atoms with Gasteiger partial charge in [-0.1, -0.05) is 37.6 Å². The Morgan fingerprint density at radius 1 is 1.25 bits per heavy atom. The third-order valence-corrected chi connectivity index (χ3v) is 4.14. The highest BCUT2D eigenvalue weighted by Crippen LogP contribution is 2.17. The maximum Gasteiger partial charge on any atom is 0.222 e. The molecule has 1 aliphatic heterocycles. The van der Waals surface area contributed by atoms with Crippen LogP contribution in [0.25, 0.3) is 0 Å². The minimum absolute atomic E-state index is 0. The topological polar surface area (TPSA) is 56.7 Å². The van der Waals surface area contributed by atoms with E-state index in [4.69, 9.17) is 0 Å². The van der Waals surface area contributed by atoms with Crippen LogP contribution in [0.1, 0.15) is 43.7 Å². The number of halogens is 1. The fourth-order valence-electron chi connectivity index (χ4n) is 2.74. The molecule has 0 bridgehead atoms. The molecular formula is C18H29IN4O. The Kier molecular flexibility index (Phi) is 9.75. The van der Waals surface area contributed by atoms with Crippen LogP contribution in [0.4, 0.5) is 0 Å². The van der Waals surface area contributed by atoms with Gasteiger partial charge in [0.2, 0.25) is 5.91 Å². The molecule has 24 heavy (non-hydrogen) atoms. The van der Waals surface area contributed by atoms with Gasteiger partial charge in [0.25, 0.3) is 0 Å². The lowest BCUT2D eigenvalue weighted by Gasteiger charge is -2.19. The Balaban J connectivity index is 0.00000288. The quantitative estimate of drug-likeness (QED) is 0.294. The van der Waals surface area contributed by atoms with Crippen molar-refractivity contribution in [3.63, 3.8) is 0 Å². The largest absolute Gasteiger partial charge is 0.356 e. The van der Waals surface area contributed by atoms with E-state index in [1.54, 1.807) is 7.05 Å². The minimum atomic E-state index is 0. The van der Waals surface area contributed by atoms with Crippen molar-refractivity contribution < 1.29 is 4.79 Å². The monoisotopic (exact) mass is 444 g/mol. The first kappa shape index (κ1) is 20.7. The van der Waals surface area contributed by atoms with Gasteiger partial charge < -0.3 is 15.5 Å². The number of unbranched alkanes of at least 4 members (excludes halogenated alkanes) is 1. The molecule has 1 aromatic carbocycles. The van der Waals surface area contributed by atoms with E-state index in [0.717, 1.165) is 38.3 Å². The molecule has 0 atom stereocenters. The summed E-state index contributed by atoms with van der Waals surface area (Å²) in [6.07, 6.45) is 3.96. The molecule has 6 heteroatoms. The average molecular weight is 444 g/mol. The SMILES string of the molecule is CCCCNC(=NC)NCc1ccccc1CN1CCCC1=O.I. The van der Waals surface area contributed by atoms with Crippen LogP contribution in [0, 0.1) is 0 Å². The van der Waals surface area contributed by atoms with Crippen LogP contribution in [-0.2, 0) is 17.9 Å². The van der Waals surface area contributed by atoms with Crippen molar-refractivity contribution in [2.75, 3.05) is 20.1 Å². The van der Waals surface area contributed by atoms with E-state index in [1.807, 2.05) is 17.0 Å². The lowest BCUT2D eigenvalue weighted by Crippen LogP contribution is -2.37. The van der Waals surface area contributed by atoms with Gasteiger partial charge in [-0.15, -0.1) is 24.0 Å². The molecule has 1 amide bonds. The van der Waals surface area contributed by atoms with Gasteiger partial charge >= 0.3 is 0 Å². The Hall–Kier alpha value is -1.31. The fourth-order valence-corrected chi connectivity index (χ4v) is 2.74. The van der Waals surface area contributed by atoms with Crippen LogP contribution in [0.5, 0.6) is 0 Å². The van der Waals surface area contributed by atoms with E-state index < -0.39 is 0 Å². The van der Waals surface area contributed by atoms with Crippen molar-refractivity contribution in [2.45, 2.75) is 45.7 Å². The second-order valence-corrected chi connectivity index (χ2v) is 5.89. The third-order valence-electron chi connectivity index (χ3n) is 4.14. The summed E-state index contributed by atoms with van der Waals surface area (Å²) in [5.41, 5.74) is 2.42. The van der Waals surface area contributed by atoms with Gasteiger partial charge in [-0.2, -0.15) is 0 Å². The summed E-state index contributed by atoms with van der Waals surface area (Å²) in [5, 5.41) is 6.67. The number of hydrogen-bond acceptors (Lipinski definition) is 2. The predicted molar refractivity (Wildman–Crippen MR) is 110 cm³/mol. The van der Waals surface area contributed by atoms with Gasteiger partial charge in [-0.05, 0) is 24.0 Å². The minimum Gasteiger partial charge on any atom is -0.356 e. The van der Waals surface area contributed by atoms with Crippen molar-refractivity contribution in [1.29, 1.82) is 0 Å². The van der Waals surface area contributed by atoms with Gasteiger partial charge in [-0.3, -0.25) is 9.79 Å². The van der Waals surface area contributed by atoms with Crippen LogP contribution >= 0.6 is 24.0 Å². The number of likely N-dealkylation sites (tertiary alicyclic amines) is 1. The van der Waals surface area contributed by atoms with E-state index in [2.05, 4.69) is 34.7 Å². The van der Waals surface area contributed by atoms with Crippen LogP contribution in [0.15, 0.2) is 29.3 Å². The van der Waals surface area contributed by atoms with E-state index in [-0.39, 0.29) is 29.9 Å². The molecule has 1 saturated heterocycles. The predicted octanol–water partition coefficient (Wildman–Crippen LogP) is 2.89. The van der Waals surface area contributed by atoms with Gasteiger partial charge in [-0.25, -0.2) is 0 Å². The number of amides is 1. The van der Waals surface area contributed by atoms with Crippen LogP contribution in [0.2, 0.25) is 0 Å². The first-order valence-corrected chi connectivity index (χ1v) is 8.53. The average Bonchev–Trinajstić information content (AvgIpc) is 2.97. The molecule has 0 saturated carbocycles. The van der Waals surface area contributed by atoms with Crippen LogP contribution < -0.4 is 10.6 Å². The van der Waals surface area contributed by atoms with Crippen molar-refractivity contribution in [3.05, 3.63) is 35.4 Å². The smallest absolute Gasteiger partial charge is 0.222 e. The second-order valence-electron chi connectivity index (χ2n) is 5.89. The van der Waals surface area contributed by atoms with Crippen LogP contribution in [0.3, 0.4) is 0 Å². The van der Waals surface area contributed by atoms with E-state index in [0.29, 0.717) is 19.5 Å². The van der Waals surface area contributed by atoms with Crippen molar-refractivity contribution in [1.82, 2.24) is 15.5 Å². The number of guanidine groups is 1. The fraction of sp³-hybridized carbons (Fsp3) is 0.556. The number of benzene rings is 1. The van der Waals surface area contributed by atoms with Crippen molar-refractivity contribution in [2.24, 2.45) is 4.99 Å². The maximum atomic E-state index is 11.8. The van der Waals surface area contributed by atoms with E-state index >= 15 is 0 Å². The molecular weight excluding hydrogens is 415 g/mol. The molecule has 0 radical (unpaired) electrons. The summed E-state index contributed by atoms with van der Waals surface area (Å²) in [6, 6.07) is 8.30. The maximum absolute atomic E-state index is 11.8. The van der Waals surface area contributed by atoms with Crippen molar-refractivity contribution in [3.8, 4) is 0 Å². The molecule has 1 heterocycles. The zero-order chi connectivity index (χ0) is 16.5. The number of aliphatic imine (C=N–C) groups is 1. The molecule has 5 nitrogen and oxygen atoms in total. The molecule has 0 spiro atoms. The Morgan fingerprint density at radius 2 is 2.00 bits per heavy atom. The second kappa shape index (κ2) is 11.3. The molecule has 1 aromatic rings. The third kappa shape index (κ3) is 6.30. The highest BCUT2D eigenvalue weighted by atomic mass is 127. The van der Waals surface area contributed by atoms with Gasteiger partial charge in [0.15, 0.2) is 5.96 Å². The summed E-state index contributed by atoms with van der Waals surface area (Å²) in [4.78, 5) is 18.0. The number of carbonyl (C=O) groups excluding carboxylic acids is 1. The number of hydrogen-bond donors (Lipinski definition) is 2. The lowest BCUT2D eigenvalue weighted by molar-refractivity contribution is -0.128. The summed E-state index contributed by atoms with van der Waals surface area (Å²) in [7, 11) is 1.79. The number of rotatable bonds is 7. The molecule has 0 aromatic heterocycles. The molecule has 0 unspecified atom stereocenters. The Morgan fingerprint density at radius 3 is 2.62 bits per heavy atom. The first-order valence-electron chi connectivity index (χ1n) is 8.53. The lowest BCUT2D eigenvalue weighted by atomic mass is 10.1. The molecule has 134 valence electrons. The zero-order valence-electron chi connectivity index (χ0n) is 14.7. The molecule has 1 fully saturated rings. The Bertz CT molecular complexity index is 548. The van der Waals surface area contributed by atoms with Gasteiger partial charge in [0.1, 0.15) is 0 Å². The van der Waals surface area contributed by atoms with Gasteiger partial charge in [0, 0.05) is 39.6 Å².